The van der Waals surface area contributed by atoms with E-state index in [9.17, 15) is 25.2 Å². The molecule has 0 spiro atoms. The number of methoxy groups -OCH3 is 2. The van der Waals surface area contributed by atoms with Crippen LogP contribution in [-0.2, 0) is 9.53 Å². The zero-order valence-electron chi connectivity index (χ0n) is 15.7. The number of hydrogen-bond donors (Lipinski definition) is 4. The summed E-state index contributed by atoms with van der Waals surface area (Å²) in [5.41, 5.74) is -0.377. The summed E-state index contributed by atoms with van der Waals surface area (Å²) in [6, 6.07) is 13.0. The number of hydrogen-bond acceptors (Lipinski definition) is 8. The molecule has 4 N–H and O–H groups in total. The lowest BCUT2D eigenvalue weighted by Crippen LogP contribution is -2.55. The van der Waals surface area contributed by atoms with Crippen molar-refractivity contribution in [2.45, 2.75) is 11.9 Å². The standard InChI is InChI=1S/C21H20O8/c1-27-15-7-3-5-13(9-15)11-17-19(22)18(21(25,26)29-20(17,23)24)12-14-6-4-8-16(10-14)28-2/h3-12,23-26H,1-2H3/b17-11+,18-12+. The highest BCUT2D eigenvalue weighted by molar-refractivity contribution is 6.15. The molecule has 2 aromatic carbocycles. The van der Waals surface area contributed by atoms with E-state index in [1.165, 1.54) is 26.4 Å². The lowest BCUT2D eigenvalue weighted by atomic mass is 9.93. The highest BCUT2D eigenvalue weighted by Crippen LogP contribution is 2.37. The number of benzene rings is 2. The van der Waals surface area contributed by atoms with Crippen LogP contribution in [0.2, 0.25) is 0 Å². The van der Waals surface area contributed by atoms with E-state index in [1.807, 2.05) is 0 Å². The number of carbonyl (C=O) groups is 1. The Morgan fingerprint density at radius 3 is 1.59 bits per heavy atom. The summed E-state index contributed by atoms with van der Waals surface area (Å²) >= 11 is 0. The summed E-state index contributed by atoms with van der Waals surface area (Å²) in [7, 11) is 2.93. The Labute approximate surface area is 166 Å². The van der Waals surface area contributed by atoms with Crippen molar-refractivity contribution in [2.75, 3.05) is 14.2 Å². The molecule has 1 aliphatic heterocycles. The molecule has 3 rings (SSSR count). The number of Topliss-reactive ketones (excluding diaryl/α,β-unsaturated/α-hetero) is 1. The van der Waals surface area contributed by atoms with Crippen LogP contribution in [0.5, 0.6) is 11.5 Å². The first kappa shape index (κ1) is 20.7. The molecule has 8 nitrogen and oxygen atoms in total. The van der Waals surface area contributed by atoms with Gasteiger partial charge in [0.1, 0.15) is 11.5 Å². The normalized spacial score (nSPS) is 20.7. The molecule has 0 bridgehead atoms. The Morgan fingerprint density at radius 1 is 0.793 bits per heavy atom. The van der Waals surface area contributed by atoms with E-state index in [2.05, 4.69) is 4.74 Å². The summed E-state index contributed by atoms with van der Waals surface area (Å²) in [6.45, 7) is 0. The van der Waals surface area contributed by atoms with Crippen molar-refractivity contribution in [3.63, 3.8) is 0 Å². The van der Waals surface area contributed by atoms with Crippen molar-refractivity contribution >= 4 is 17.9 Å². The molecule has 152 valence electrons. The zero-order valence-corrected chi connectivity index (χ0v) is 15.7. The van der Waals surface area contributed by atoms with E-state index >= 15 is 0 Å². The fraction of sp³-hybridized carbons (Fsp3) is 0.190. The minimum Gasteiger partial charge on any atom is -0.497 e. The van der Waals surface area contributed by atoms with Gasteiger partial charge >= 0.3 is 11.9 Å². The Balaban J connectivity index is 2.09. The molecule has 1 fully saturated rings. The summed E-state index contributed by atoms with van der Waals surface area (Å²) in [6.07, 6.45) is 2.33. The number of aliphatic hydroxyl groups is 4. The van der Waals surface area contributed by atoms with Crippen LogP contribution in [-0.4, -0.2) is 52.4 Å². The first-order valence-electron chi connectivity index (χ1n) is 8.53. The number of carbonyl (C=O) groups excluding carboxylic acids is 1. The van der Waals surface area contributed by atoms with Gasteiger partial charge in [0.25, 0.3) is 0 Å². The van der Waals surface area contributed by atoms with Gasteiger partial charge in [-0.3, -0.25) is 9.53 Å². The Hall–Kier alpha value is -3.01. The molecule has 8 heteroatoms. The molecule has 0 radical (unpaired) electrons. The summed E-state index contributed by atoms with van der Waals surface area (Å²) in [5, 5.41) is 40.6. The minimum absolute atomic E-state index is 0.410. The fourth-order valence-corrected chi connectivity index (χ4v) is 2.86. The Morgan fingerprint density at radius 2 is 1.21 bits per heavy atom. The average molecular weight is 400 g/mol. The van der Waals surface area contributed by atoms with Crippen molar-refractivity contribution in [3.8, 4) is 11.5 Å². The van der Waals surface area contributed by atoms with Gasteiger partial charge in [-0.1, -0.05) is 24.3 Å². The van der Waals surface area contributed by atoms with Crippen LogP contribution in [0.4, 0.5) is 0 Å². The van der Waals surface area contributed by atoms with Gasteiger partial charge in [0.05, 0.1) is 25.4 Å². The maximum Gasteiger partial charge on any atom is 0.315 e. The molecule has 0 amide bonds. The molecule has 0 atom stereocenters. The smallest absolute Gasteiger partial charge is 0.315 e. The van der Waals surface area contributed by atoms with Crippen molar-refractivity contribution in [1.29, 1.82) is 0 Å². The molecule has 0 saturated carbocycles. The molecule has 1 heterocycles. The maximum atomic E-state index is 13.0. The monoisotopic (exact) mass is 400 g/mol. The second-order valence-corrected chi connectivity index (χ2v) is 6.32. The number of rotatable bonds is 4. The zero-order chi connectivity index (χ0) is 21.2. The van der Waals surface area contributed by atoms with E-state index in [4.69, 9.17) is 9.47 Å². The summed E-state index contributed by atoms with van der Waals surface area (Å²) in [5.74, 6) is -6.51. The Kier molecular flexibility index (Phi) is 5.56. The van der Waals surface area contributed by atoms with Crippen LogP contribution < -0.4 is 9.47 Å². The first-order valence-corrected chi connectivity index (χ1v) is 8.53. The van der Waals surface area contributed by atoms with E-state index in [0.29, 0.717) is 22.6 Å². The number of ketones is 1. The van der Waals surface area contributed by atoms with Gasteiger partial charge in [0, 0.05) is 0 Å². The molecule has 1 saturated heterocycles. The molecule has 0 unspecified atom stereocenters. The van der Waals surface area contributed by atoms with Crippen LogP contribution in [0, 0.1) is 0 Å². The van der Waals surface area contributed by atoms with Crippen LogP contribution in [0.15, 0.2) is 59.7 Å². The maximum absolute atomic E-state index is 13.0. The fourth-order valence-electron chi connectivity index (χ4n) is 2.86. The molecular weight excluding hydrogens is 380 g/mol. The van der Waals surface area contributed by atoms with Gasteiger partial charge in [0.15, 0.2) is 0 Å². The third-order valence-electron chi connectivity index (χ3n) is 4.29. The molecule has 0 aliphatic carbocycles. The first-order chi connectivity index (χ1) is 13.7. The van der Waals surface area contributed by atoms with E-state index in [0.717, 1.165) is 0 Å². The van der Waals surface area contributed by atoms with Crippen LogP contribution in [0.3, 0.4) is 0 Å². The average Bonchev–Trinajstić information content (AvgIpc) is 2.68. The number of ether oxygens (including phenoxy) is 3. The Bertz CT molecular complexity index is 910. The molecule has 2 aromatic rings. The second kappa shape index (κ2) is 7.78. The van der Waals surface area contributed by atoms with Gasteiger partial charge < -0.3 is 29.9 Å². The topological polar surface area (TPSA) is 126 Å². The predicted octanol–water partition coefficient (Wildman–Crippen LogP) is 1.05. The van der Waals surface area contributed by atoms with Crippen LogP contribution >= 0.6 is 0 Å². The third-order valence-corrected chi connectivity index (χ3v) is 4.29. The van der Waals surface area contributed by atoms with Crippen molar-refractivity contribution in [3.05, 3.63) is 70.8 Å². The molecular formula is C21H20O8. The molecule has 1 aliphatic rings. The predicted molar refractivity (Wildman–Crippen MR) is 102 cm³/mol. The highest BCUT2D eigenvalue weighted by Gasteiger charge is 2.53. The SMILES string of the molecule is COc1cccc(/C=C2\C(=O)/C(=C\c3cccc(OC)c3)C(O)(O)OC2(O)O)c1. The highest BCUT2D eigenvalue weighted by atomic mass is 16.9. The van der Waals surface area contributed by atoms with Gasteiger partial charge in [-0.05, 0) is 47.5 Å². The van der Waals surface area contributed by atoms with E-state index in [-0.39, 0.29) is 0 Å². The lowest BCUT2D eigenvalue weighted by molar-refractivity contribution is -0.443. The van der Waals surface area contributed by atoms with Crippen molar-refractivity contribution < 1.29 is 39.4 Å². The summed E-state index contributed by atoms with van der Waals surface area (Å²) < 4.78 is 14.8. The molecule has 0 aromatic heterocycles. The minimum atomic E-state index is -3.23. The van der Waals surface area contributed by atoms with Crippen molar-refractivity contribution in [1.82, 2.24) is 0 Å². The van der Waals surface area contributed by atoms with Crippen LogP contribution in [0.25, 0.3) is 12.2 Å². The van der Waals surface area contributed by atoms with Gasteiger partial charge in [-0.2, -0.15) is 0 Å². The van der Waals surface area contributed by atoms with Crippen molar-refractivity contribution in [2.24, 2.45) is 0 Å². The molecule has 29 heavy (non-hydrogen) atoms. The van der Waals surface area contributed by atoms with Gasteiger partial charge in [-0.15, -0.1) is 0 Å². The van der Waals surface area contributed by atoms with Gasteiger partial charge in [0.2, 0.25) is 5.78 Å². The second-order valence-electron chi connectivity index (χ2n) is 6.32. The van der Waals surface area contributed by atoms with Gasteiger partial charge in [-0.25, -0.2) is 0 Å². The van der Waals surface area contributed by atoms with E-state index < -0.39 is 28.9 Å². The van der Waals surface area contributed by atoms with Crippen LogP contribution in [0.1, 0.15) is 11.1 Å². The summed E-state index contributed by atoms with van der Waals surface area (Å²) in [4.78, 5) is 13.0. The third kappa shape index (κ3) is 4.37. The lowest BCUT2D eigenvalue weighted by Gasteiger charge is -2.37. The quantitative estimate of drug-likeness (QED) is 0.443. The largest absolute Gasteiger partial charge is 0.497 e. The van der Waals surface area contributed by atoms with E-state index in [1.54, 1.807) is 48.5 Å².